The molecule has 0 aromatic heterocycles. The van der Waals surface area contributed by atoms with Crippen LogP contribution in [0.25, 0.3) is 0 Å². The van der Waals surface area contributed by atoms with E-state index in [4.69, 9.17) is 10.8 Å². The molecule has 1 aromatic rings. The van der Waals surface area contributed by atoms with Crippen LogP contribution >= 0.6 is 0 Å². The number of nitrogens with two attached hydrogens (primary N) is 1. The summed E-state index contributed by atoms with van der Waals surface area (Å²) < 4.78 is 36.3. The normalized spacial score (nSPS) is 11.2. The zero-order valence-electron chi connectivity index (χ0n) is 10.4. The maximum Gasteiger partial charge on any atom is 0.389 e. The molecule has 0 saturated heterocycles. The molecule has 0 bridgehead atoms. The highest BCUT2D eigenvalue weighted by atomic mass is 19.4. The predicted molar refractivity (Wildman–Crippen MR) is 66.1 cm³/mol. The quantitative estimate of drug-likeness (QED) is 0.813. The molecule has 0 radical (unpaired) electrons. The number of carboxylic acids is 1. The molecule has 1 amide bonds. The molecule has 1 aromatic carbocycles. The van der Waals surface area contributed by atoms with E-state index in [1.165, 1.54) is 18.2 Å². The zero-order valence-corrected chi connectivity index (χ0v) is 10.4. The Kier molecular flexibility index (Phi) is 4.95. The van der Waals surface area contributed by atoms with E-state index in [9.17, 15) is 22.8 Å². The largest absolute Gasteiger partial charge is 0.480 e. The summed E-state index contributed by atoms with van der Waals surface area (Å²) in [7, 11) is 0. The van der Waals surface area contributed by atoms with E-state index in [-0.39, 0.29) is 11.4 Å². The summed E-state index contributed by atoms with van der Waals surface area (Å²) in [4.78, 5) is 23.3. The molecule has 0 spiro atoms. The Morgan fingerprint density at radius 1 is 1.25 bits per heavy atom. The summed E-state index contributed by atoms with van der Waals surface area (Å²) >= 11 is 0. The van der Waals surface area contributed by atoms with Gasteiger partial charge in [-0.3, -0.25) is 14.5 Å². The molecule has 0 aliphatic rings. The lowest BCUT2D eigenvalue weighted by Gasteiger charge is -2.22. The highest BCUT2D eigenvalue weighted by molar-refractivity contribution is 5.99. The van der Waals surface area contributed by atoms with Crippen molar-refractivity contribution < 1.29 is 27.9 Å². The minimum absolute atomic E-state index is 0.0853. The molecule has 20 heavy (non-hydrogen) atoms. The number of anilines is 2. The van der Waals surface area contributed by atoms with Crippen molar-refractivity contribution in [3.05, 3.63) is 24.3 Å². The highest BCUT2D eigenvalue weighted by Crippen LogP contribution is 2.26. The van der Waals surface area contributed by atoms with Crippen LogP contribution < -0.4 is 10.6 Å². The van der Waals surface area contributed by atoms with Gasteiger partial charge in [0.25, 0.3) is 0 Å². The molecular formula is C12H13F3N2O3. The van der Waals surface area contributed by atoms with Crippen molar-refractivity contribution in [2.45, 2.75) is 19.0 Å². The van der Waals surface area contributed by atoms with Crippen molar-refractivity contribution in [3.63, 3.8) is 0 Å². The van der Waals surface area contributed by atoms with Crippen LogP contribution in [0.4, 0.5) is 24.5 Å². The van der Waals surface area contributed by atoms with Gasteiger partial charge in [-0.05, 0) is 12.1 Å². The maximum absolute atomic E-state index is 12.1. The molecule has 0 heterocycles. The van der Waals surface area contributed by atoms with Crippen LogP contribution in [-0.4, -0.2) is 29.7 Å². The Bertz CT molecular complexity index is 503. The van der Waals surface area contributed by atoms with Crippen molar-refractivity contribution in [2.75, 3.05) is 17.2 Å². The number of amides is 1. The van der Waals surface area contributed by atoms with Crippen molar-refractivity contribution >= 4 is 23.3 Å². The van der Waals surface area contributed by atoms with Crippen molar-refractivity contribution in [1.29, 1.82) is 0 Å². The number of benzene rings is 1. The summed E-state index contributed by atoms with van der Waals surface area (Å²) in [5.41, 5.74) is 5.81. The molecule has 0 aliphatic heterocycles. The number of hydrogen-bond donors (Lipinski definition) is 2. The second-order valence-corrected chi connectivity index (χ2v) is 4.05. The number of aliphatic carboxylic acids is 1. The summed E-state index contributed by atoms with van der Waals surface area (Å²) in [6, 6.07) is 5.89. The monoisotopic (exact) mass is 290 g/mol. The van der Waals surface area contributed by atoms with Gasteiger partial charge in [0, 0.05) is 6.42 Å². The minimum atomic E-state index is -4.48. The average molecular weight is 290 g/mol. The van der Waals surface area contributed by atoms with E-state index in [2.05, 4.69) is 0 Å². The first kappa shape index (κ1) is 15.8. The third-order valence-corrected chi connectivity index (χ3v) is 2.44. The lowest BCUT2D eigenvalue weighted by molar-refractivity contribution is -0.143. The van der Waals surface area contributed by atoms with Gasteiger partial charge < -0.3 is 10.8 Å². The van der Waals surface area contributed by atoms with E-state index in [0.29, 0.717) is 0 Å². The second kappa shape index (κ2) is 6.27. The van der Waals surface area contributed by atoms with E-state index in [1.807, 2.05) is 0 Å². The minimum Gasteiger partial charge on any atom is -0.480 e. The fourth-order valence-electron chi connectivity index (χ4n) is 1.56. The standard InChI is InChI=1S/C12H13F3N2O3/c13-12(14,15)6-5-10(18)17(7-11(19)20)9-4-2-1-3-8(9)16/h1-4H,5-7,16H2,(H,19,20). The number of para-hydroxylation sites is 2. The van der Waals surface area contributed by atoms with Crippen molar-refractivity contribution in [3.8, 4) is 0 Å². The van der Waals surface area contributed by atoms with Crippen LogP contribution in [0, 0.1) is 0 Å². The average Bonchev–Trinajstić information content (AvgIpc) is 2.33. The molecule has 0 atom stereocenters. The Hall–Kier alpha value is -2.25. The number of hydrogen-bond acceptors (Lipinski definition) is 3. The number of halogens is 3. The SMILES string of the molecule is Nc1ccccc1N(CC(=O)O)C(=O)CCC(F)(F)F. The molecular weight excluding hydrogens is 277 g/mol. The lowest BCUT2D eigenvalue weighted by Crippen LogP contribution is -2.36. The molecule has 110 valence electrons. The lowest BCUT2D eigenvalue weighted by atomic mass is 10.2. The number of alkyl halides is 3. The summed E-state index contributed by atoms with van der Waals surface area (Å²) in [5.74, 6) is -2.28. The van der Waals surface area contributed by atoms with E-state index >= 15 is 0 Å². The smallest absolute Gasteiger partial charge is 0.389 e. The Labute approximate surface area is 112 Å². The molecule has 8 heteroatoms. The maximum atomic E-state index is 12.1. The summed E-state index contributed by atoms with van der Waals surface area (Å²) in [5, 5.41) is 8.76. The molecule has 0 aliphatic carbocycles. The van der Waals surface area contributed by atoms with Gasteiger partial charge in [-0.2, -0.15) is 13.2 Å². The third kappa shape index (κ3) is 4.79. The Morgan fingerprint density at radius 3 is 2.35 bits per heavy atom. The van der Waals surface area contributed by atoms with Gasteiger partial charge in [0.2, 0.25) is 5.91 Å². The Morgan fingerprint density at radius 2 is 1.85 bits per heavy atom. The first-order chi connectivity index (χ1) is 9.20. The van der Waals surface area contributed by atoms with Crippen molar-refractivity contribution in [1.82, 2.24) is 0 Å². The van der Waals surface area contributed by atoms with Crippen LogP contribution in [0.2, 0.25) is 0 Å². The summed E-state index contributed by atoms with van der Waals surface area (Å²) in [6.07, 6.45) is -6.62. The van der Waals surface area contributed by atoms with Crippen LogP contribution in [-0.2, 0) is 9.59 Å². The second-order valence-electron chi connectivity index (χ2n) is 4.05. The topological polar surface area (TPSA) is 83.6 Å². The van der Waals surface area contributed by atoms with Gasteiger partial charge in [-0.1, -0.05) is 12.1 Å². The number of carbonyl (C=O) groups is 2. The molecule has 0 saturated carbocycles. The molecule has 5 nitrogen and oxygen atoms in total. The van der Waals surface area contributed by atoms with Gasteiger partial charge in [-0.15, -0.1) is 0 Å². The zero-order chi connectivity index (χ0) is 15.3. The van der Waals surface area contributed by atoms with Crippen LogP contribution in [0.3, 0.4) is 0 Å². The first-order valence-corrected chi connectivity index (χ1v) is 5.64. The van der Waals surface area contributed by atoms with Crippen LogP contribution in [0.1, 0.15) is 12.8 Å². The fourth-order valence-corrected chi connectivity index (χ4v) is 1.56. The molecule has 3 N–H and O–H groups in total. The van der Waals surface area contributed by atoms with Gasteiger partial charge in [0.05, 0.1) is 17.8 Å². The highest BCUT2D eigenvalue weighted by Gasteiger charge is 2.30. The molecule has 0 unspecified atom stereocenters. The van der Waals surface area contributed by atoms with Gasteiger partial charge in [0.15, 0.2) is 0 Å². The Balaban J connectivity index is 2.93. The van der Waals surface area contributed by atoms with E-state index < -0.39 is 37.4 Å². The van der Waals surface area contributed by atoms with Crippen LogP contribution in [0.5, 0.6) is 0 Å². The summed E-state index contributed by atoms with van der Waals surface area (Å²) in [6.45, 7) is -0.745. The number of nitrogens with zero attached hydrogens (tertiary/aromatic N) is 1. The number of carbonyl (C=O) groups excluding carboxylic acids is 1. The van der Waals surface area contributed by atoms with Crippen LogP contribution in [0.15, 0.2) is 24.3 Å². The van der Waals surface area contributed by atoms with E-state index in [0.717, 1.165) is 4.90 Å². The number of rotatable bonds is 5. The predicted octanol–water partition coefficient (Wildman–Crippen LogP) is 2.03. The molecule has 1 rings (SSSR count). The van der Waals surface area contributed by atoms with Crippen molar-refractivity contribution in [2.24, 2.45) is 0 Å². The first-order valence-electron chi connectivity index (χ1n) is 5.64. The van der Waals surface area contributed by atoms with Gasteiger partial charge in [-0.25, -0.2) is 0 Å². The van der Waals surface area contributed by atoms with Gasteiger partial charge in [0.1, 0.15) is 6.54 Å². The third-order valence-electron chi connectivity index (χ3n) is 2.44. The van der Waals surface area contributed by atoms with Gasteiger partial charge >= 0.3 is 12.1 Å². The fraction of sp³-hybridized carbons (Fsp3) is 0.333. The van der Waals surface area contributed by atoms with E-state index in [1.54, 1.807) is 6.07 Å². The molecule has 0 fully saturated rings. The number of nitrogen functional groups attached to an aromatic ring is 1. The number of carboxylic acid groups (broad SMARTS) is 1.